The van der Waals surface area contributed by atoms with Crippen molar-refractivity contribution in [3.8, 4) is 0 Å². The fraction of sp³-hybridized carbons (Fsp3) is 0. The van der Waals surface area contributed by atoms with Gasteiger partial charge in [-0.1, -0.05) is 0 Å². The van der Waals surface area contributed by atoms with Crippen LogP contribution in [0, 0.1) is 30.3 Å². The first kappa shape index (κ1) is 22.5. The first-order valence-electron chi connectivity index (χ1n) is 1.70. The Hall–Kier alpha value is -1.53. The van der Waals surface area contributed by atoms with Crippen LogP contribution in [0.4, 0.5) is 0 Å². The zero-order valence-electron chi connectivity index (χ0n) is 5.71. The molecule has 13 heavy (non-hydrogen) atoms. The van der Waals surface area contributed by atoms with E-state index < -0.39 is 15.3 Å². The Bertz CT molecular complexity index is 112. The van der Waals surface area contributed by atoms with Gasteiger partial charge in [-0.25, -0.2) is 0 Å². The van der Waals surface area contributed by atoms with Crippen molar-refractivity contribution < 1.29 is 56.7 Å². The monoisotopic (exact) mass is 234 g/mol. The van der Waals surface area contributed by atoms with E-state index in [2.05, 4.69) is 0 Å². The Labute approximate surface area is 87.5 Å². The number of hydrogen-bond donors (Lipinski definition) is 3. The van der Waals surface area contributed by atoms with Gasteiger partial charge in [-0.3, -0.25) is 0 Å². The van der Waals surface area contributed by atoms with Gasteiger partial charge in [0, 0.05) is 25.8 Å². The SMILES string of the molecule is O=[N+]([O-])O.O=[N+]([O-])O.O=[N+]([O-])O.[Sc]. The summed E-state index contributed by atoms with van der Waals surface area (Å²) in [6.45, 7) is 0. The van der Waals surface area contributed by atoms with E-state index in [4.69, 9.17) is 46.0 Å². The Kier molecular flexibility index (Phi) is 29.2. The third kappa shape index (κ3) is 321. The molecule has 0 unspecified atom stereocenters. The van der Waals surface area contributed by atoms with Crippen LogP contribution in [-0.4, -0.2) is 30.9 Å². The second kappa shape index (κ2) is 16.8. The Morgan fingerprint density at radius 2 is 0.692 bits per heavy atom. The van der Waals surface area contributed by atoms with Crippen molar-refractivity contribution in [1.82, 2.24) is 0 Å². The van der Waals surface area contributed by atoms with Crippen molar-refractivity contribution in [2.24, 2.45) is 0 Å². The fourth-order valence-corrected chi connectivity index (χ4v) is 0. The van der Waals surface area contributed by atoms with E-state index in [9.17, 15) is 0 Å². The maximum Gasteiger partial charge on any atom is 0.291 e. The second-order valence-corrected chi connectivity index (χ2v) is 0.714. The van der Waals surface area contributed by atoms with E-state index in [0.29, 0.717) is 0 Å². The number of nitrogens with zero attached hydrogens (tertiary/aromatic N) is 3. The van der Waals surface area contributed by atoms with Gasteiger partial charge in [0.25, 0.3) is 15.3 Å². The molecule has 0 amide bonds. The summed E-state index contributed by atoms with van der Waals surface area (Å²) in [4.78, 5) is 25.1. The van der Waals surface area contributed by atoms with Crippen molar-refractivity contribution in [1.29, 1.82) is 0 Å². The second-order valence-electron chi connectivity index (χ2n) is 0.714. The molecule has 75 valence electrons. The molecule has 0 fully saturated rings. The Morgan fingerprint density at radius 3 is 0.692 bits per heavy atom. The summed E-state index contributed by atoms with van der Waals surface area (Å²) in [6, 6.07) is 0. The molecule has 0 aromatic rings. The molecule has 0 aromatic carbocycles. The van der Waals surface area contributed by atoms with Gasteiger partial charge in [0.15, 0.2) is 0 Å². The molecule has 0 aromatic heterocycles. The van der Waals surface area contributed by atoms with Crippen LogP contribution in [0.25, 0.3) is 0 Å². The van der Waals surface area contributed by atoms with Crippen molar-refractivity contribution in [3.05, 3.63) is 30.3 Å². The minimum absolute atomic E-state index is 0. The van der Waals surface area contributed by atoms with E-state index >= 15 is 0 Å². The van der Waals surface area contributed by atoms with Gasteiger partial charge in [0.2, 0.25) is 0 Å². The first-order chi connectivity index (χ1) is 5.20. The summed E-state index contributed by atoms with van der Waals surface area (Å²) in [7, 11) is 0. The Morgan fingerprint density at radius 1 is 0.692 bits per heavy atom. The van der Waals surface area contributed by atoms with Crippen LogP contribution >= 0.6 is 0 Å². The van der Waals surface area contributed by atoms with Crippen molar-refractivity contribution >= 4 is 0 Å². The van der Waals surface area contributed by atoms with E-state index in [1.807, 2.05) is 0 Å². The van der Waals surface area contributed by atoms with E-state index in [0.717, 1.165) is 0 Å². The van der Waals surface area contributed by atoms with Crippen molar-refractivity contribution in [3.63, 3.8) is 0 Å². The molecule has 0 atom stereocenters. The van der Waals surface area contributed by atoms with Gasteiger partial charge in [-0.15, -0.1) is 30.3 Å². The van der Waals surface area contributed by atoms with E-state index in [1.165, 1.54) is 0 Å². The number of rotatable bonds is 0. The molecule has 0 aliphatic rings. The zero-order valence-corrected chi connectivity index (χ0v) is 7.51. The summed E-state index contributed by atoms with van der Waals surface area (Å²) < 4.78 is 0. The van der Waals surface area contributed by atoms with Crippen LogP contribution in [0.2, 0.25) is 0 Å². The Balaban J connectivity index is -0.0000000450. The predicted molar refractivity (Wildman–Crippen MR) is 26.3 cm³/mol. The van der Waals surface area contributed by atoms with Crippen molar-refractivity contribution in [2.75, 3.05) is 0 Å². The van der Waals surface area contributed by atoms with Crippen LogP contribution in [0.1, 0.15) is 0 Å². The van der Waals surface area contributed by atoms with E-state index in [-0.39, 0.29) is 25.8 Å². The summed E-state index contributed by atoms with van der Waals surface area (Å²) in [5.74, 6) is 0. The third-order valence-electron chi connectivity index (χ3n) is 0. The molecule has 12 nitrogen and oxygen atoms in total. The van der Waals surface area contributed by atoms with Gasteiger partial charge in [0.1, 0.15) is 0 Å². The van der Waals surface area contributed by atoms with Gasteiger partial charge >= 0.3 is 0 Å². The van der Waals surface area contributed by atoms with E-state index in [1.54, 1.807) is 0 Å². The van der Waals surface area contributed by atoms with Gasteiger partial charge in [0.05, 0.1) is 0 Å². The largest absolute Gasteiger partial charge is 0.328 e. The average molecular weight is 234 g/mol. The number of hydrogen-bond acceptors (Lipinski definition) is 6. The van der Waals surface area contributed by atoms with Crippen LogP contribution < -0.4 is 0 Å². The molecule has 0 rings (SSSR count). The smallest absolute Gasteiger partial charge is 0.291 e. The molecule has 1 radical (unpaired) electrons. The first-order valence-corrected chi connectivity index (χ1v) is 1.70. The minimum Gasteiger partial charge on any atom is -0.328 e. The van der Waals surface area contributed by atoms with Crippen LogP contribution in [0.5, 0.6) is 0 Å². The topological polar surface area (TPSA) is 190 Å². The molecule has 0 saturated heterocycles. The predicted octanol–water partition coefficient (Wildman–Crippen LogP) is -1.05. The summed E-state index contributed by atoms with van der Waals surface area (Å²) in [5.41, 5.74) is 0. The normalized spacial score (nSPS) is 5.54. The minimum atomic E-state index is -1.50. The fourth-order valence-electron chi connectivity index (χ4n) is 0. The maximum absolute atomic E-state index is 8.36. The third-order valence-corrected chi connectivity index (χ3v) is 0. The van der Waals surface area contributed by atoms with Gasteiger partial charge in [-0.05, 0) is 0 Å². The molecule has 0 aliphatic carbocycles. The molecular weight excluding hydrogens is 231 g/mol. The molecule has 0 saturated carbocycles. The zero-order chi connectivity index (χ0) is 10.7. The summed E-state index contributed by atoms with van der Waals surface area (Å²) >= 11 is 0. The van der Waals surface area contributed by atoms with Crippen LogP contribution in [-0.2, 0) is 25.8 Å². The average Bonchev–Trinajstić information content (AvgIpc) is 1.54. The van der Waals surface area contributed by atoms with Crippen LogP contribution in [0.3, 0.4) is 0 Å². The molecule has 13 heteroatoms. The van der Waals surface area contributed by atoms with Crippen molar-refractivity contribution in [2.45, 2.75) is 0 Å². The maximum atomic E-state index is 8.36. The molecule has 0 bridgehead atoms. The molecule has 0 aliphatic heterocycles. The van der Waals surface area contributed by atoms with Crippen LogP contribution in [0.15, 0.2) is 0 Å². The van der Waals surface area contributed by atoms with Gasteiger partial charge in [-0.2, -0.15) is 0 Å². The molecule has 0 spiro atoms. The molecular formula is H3N3O9Sc. The van der Waals surface area contributed by atoms with Gasteiger partial charge < -0.3 is 15.6 Å². The standard InChI is InChI=1S/3HNO3.Sc/c3*2-1(3)4;/h3*(H,2,3,4);. The summed E-state index contributed by atoms with van der Waals surface area (Å²) in [6.07, 6.45) is 0. The quantitative estimate of drug-likeness (QED) is 0.346. The molecule has 0 heterocycles. The molecule has 3 N–H and O–H groups in total. The summed E-state index contributed by atoms with van der Waals surface area (Å²) in [5, 5.41) is 40.9.